The van der Waals surface area contributed by atoms with Gasteiger partial charge in [0.05, 0.1) is 12.0 Å². The predicted molar refractivity (Wildman–Crippen MR) is 104 cm³/mol. The largest absolute Gasteiger partial charge is 0.496 e. The number of amides is 1. The molecule has 0 aromatic heterocycles. The van der Waals surface area contributed by atoms with E-state index in [1.54, 1.807) is 7.11 Å². The van der Waals surface area contributed by atoms with E-state index in [4.69, 9.17) is 4.74 Å². The minimum absolute atomic E-state index is 0.209. The fourth-order valence-electron chi connectivity index (χ4n) is 2.85. The van der Waals surface area contributed by atoms with Crippen LogP contribution in [0.2, 0.25) is 0 Å². The smallest absolute Gasteiger partial charge is 0.284 e. The van der Waals surface area contributed by atoms with E-state index in [-0.39, 0.29) is 5.91 Å². The molecule has 3 nitrogen and oxygen atoms in total. The van der Waals surface area contributed by atoms with Crippen LogP contribution in [0.1, 0.15) is 11.1 Å². The predicted octanol–water partition coefficient (Wildman–Crippen LogP) is 4.91. The molecule has 0 N–H and O–H groups in total. The van der Waals surface area contributed by atoms with Crippen molar-refractivity contribution < 1.29 is 9.53 Å². The molecule has 4 heteroatoms. The van der Waals surface area contributed by atoms with Gasteiger partial charge in [-0.15, -0.1) is 0 Å². The second-order valence-electron chi connectivity index (χ2n) is 5.60. The number of carbonyl (C=O) groups excluding carboxylic acids is 1. The monoisotopic (exact) mass is 345 g/mol. The van der Waals surface area contributed by atoms with Gasteiger partial charge in [-0.1, -0.05) is 72.4 Å². The Morgan fingerprint density at radius 2 is 1.72 bits per heavy atom. The summed E-state index contributed by atoms with van der Waals surface area (Å²) in [6.07, 6.45) is 1.88. The number of carbonyl (C=O) groups is 1. The highest BCUT2D eigenvalue weighted by Crippen LogP contribution is 2.36. The molecule has 1 aliphatic rings. The fraction of sp³-hybridized carbons (Fsp3) is 0.0476. The minimum Gasteiger partial charge on any atom is -0.496 e. The molecule has 3 aromatic carbocycles. The van der Waals surface area contributed by atoms with Crippen LogP contribution in [0.25, 0.3) is 16.8 Å². The lowest BCUT2D eigenvalue weighted by Crippen LogP contribution is -1.92. The van der Waals surface area contributed by atoms with Gasteiger partial charge in [0, 0.05) is 11.1 Å². The van der Waals surface area contributed by atoms with E-state index in [2.05, 4.69) is 4.99 Å². The zero-order valence-corrected chi connectivity index (χ0v) is 14.4. The Hall–Kier alpha value is -2.85. The van der Waals surface area contributed by atoms with Crippen LogP contribution in [0, 0.1) is 0 Å². The van der Waals surface area contributed by atoms with Gasteiger partial charge in [0.15, 0.2) is 0 Å². The number of aliphatic imine (C=N–C) groups is 1. The summed E-state index contributed by atoms with van der Waals surface area (Å²) in [7, 11) is 1.64. The highest BCUT2D eigenvalue weighted by molar-refractivity contribution is 8.19. The van der Waals surface area contributed by atoms with Gasteiger partial charge >= 0.3 is 0 Å². The average molecular weight is 345 g/mol. The molecule has 0 radical (unpaired) electrons. The molecule has 0 saturated carbocycles. The van der Waals surface area contributed by atoms with Gasteiger partial charge in [0.1, 0.15) is 10.8 Å². The van der Waals surface area contributed by atoms with Gasteiger partial charge in [-0.3, -0.25) is 4.79 Å². The van der Waals surface area contributed by atoms with Gasteiger partial charge in [-0.25, -0.2) is 4.99 Å². The first-order chi connectivity index (χ1) is 12.3. The average Bonchev–Trinajstić information content (AvgIpc) is 3.03. The lowest BCUT2D eigenvalue weighted by atomic mass is 10.0. The van der Waals surface area contributed by atoms with Crippen molar-refractivity contribution in [2.45, 2.75) is 0 Å². The second-order valence-corrected chi connectivity index (χ2v) is 6.63. The molecular weight excluding hydrogens is 330 g/mol. The molecule has 1 amide bonds. The van der Waals surface area contributed by atoms with Crippen LogP contribution >= 0.6 is 11.8 Å². The number of ether oxygens (including phenoxy) is 1. The summed E-state index contributed by atoms with van der Waals surface area (Å²) < 4.78 is 5.51. The van der Waals surface area contributed by atoms with E-state index in [1.807, 2.05) is 72.8 Å². The number of fused-ring (bicyclic) bond motifs is 1. The van der Waals surface area contributed by atoms with Crippen LogP contribution in [0.15, 0.2) is 76.6 Å². The maximum absolute atomic E-state index is 12.4. The third kappa shape index (κ3) is 2.96. The van der Waals surface area contributed by atoms with E-state index in [0.29, 0.717) is 4.91 Å². The number of hydrogen-bond acceptors (Lipinski definition) is 3. The molecule has 0 atom stereocenters. The molecule has 0 aliphatic carbocycles. The molecule has 3 aromatic rings. The standard InChI is InChI=1S/C21H15NO2S/c1-24-18-12-11-14-7-5-6-10-16(14)17(18)13-19-20(23)22-21(25-19)15-8-3-2-4-9-15/h2-13H,1H3/b19-13+. The molecule has 0 saturated heterocycles. The van der Waals surface area contributed by atoms with Crippen molar-refractivity contribution in [2.75, 3.05) is 7.11 Å². The summed E-state index contributed by atoms with van der Waals surface area (Å²) in [4.78, 5) is 17.2. The fourth-order valence-corrected chi connectivity index (χ4v) is 3.75. The van der Waals surface area contributed by atoms with Crippen molar-refractivity contribution in [3.05, 3.63) is 82.8 Å². The molecule has 1 aliphatic heterocycles. The Kier molecular flexibility index (Phi) is 4.12. The van der Waals surface area contributed by atoms with E-state index in [9.17, 15) is 4.79 Å². The van der Waals surface area contributed by atoms with Gasteiger partial charge in [0.2, 0.25) is 0 Å². The summed E-state index contributed by atoms with van der Waals surface area (Å²) in [5, 5.41) is 2.89. The number of hydrogen-bond donors (Lipinski definition) is 0. The lowest BCUT2D eigenvalue weighted by Gasteiger charge is -2.09. The summed E-state index contributed by atoms with van der Waals surface area (Å²) in [5.74, 6) is 0.534. The van der Waals surface area contributed by atoms with E-state index in [1.165, 1.54) is 11.8 Å². The zero-order chi connectivity index (χ0) is 17.2. The molecule has 0 spiro atoms. The first kappa shape index (κ1) is 15.7. The Labute approximate surface area is 150 Å². The maximum Gasteiger partial charge on any atom is 0.284 e. The summed E-state index contributed by atoms with van der Waals surface area (Å²) in [6, 6.07) is 21.8. The second kappa shape index (κ2) is 6.57. The first-order valence-electron chi connectivity index (χ1n) is 7.90. The molecule has 122 valence electrons. The summed E-state index contributed by atoms with van der Waals surface area (Å²) in [5.41, 5.74) is 1.86. The number of thioether (sulfide) groups is 1. The molecule has 0 bridgehead atoms. The first-order valence-corrected chi connectivity index (χ1v) is 8.71. The molecule has 0 fully saturated rings. The maximum atomic E-state index is 12.4. The molecule has 1 heterocycles. The molecule has 0 unspecified atom stereocenters. The van der Waals surface area contributed by atoms with Crippen molar-refractivity contribution in [3.8, 4) is 5.75 Å². The van der Waals surface area contributed by atoms with Gasteiger partial charge in [-0.2, -0.15) is 0 Å². The number of nitrogens with zero attached hydrogens (tertiary/aromatic N) is 1. The molecular formula is C21H15NO2S. The van der Waals surface area contributed by atoms with Crippen molar-refractivity contribution in [2.24, 2.45) is 4.99 Å². The van der Waals surface area contributed by atoms with E-state index >= 15 is 0 Å². The Bertz CT molecular complexity index is 1020. The van der Waals surface area contributed by atoms with Crippen LogP contribution in [0.3, 0.4) is 0 Å². The minimum atomic E-state index is -0.209. The third-order valence-electron chi connectivity index (χ3n) is 4.07. The zero-order valence-electron chi connectivity index (χ0n) is 13.6. The van der Waals surface area contributed by atoms with Crippen molar-refractivity contribution >= 4 is 39.6 Å². The van der Waals surface area contributed by atoms with Gasteiger partial charge < -0.3 is 4.74 Å². The SMILES string of the molecule is COc1ccc2ccccc2c1/C=C1/SC(c2ccccc2)=NC1=O. The van der Waals surface area contributed by atoms with Gasteiger partial charge in [-0.05, 0) is 22.9 Å². The van der Waals surface area contributed by atoms with Gasteiger partial charge in [0.25, 0.3) is 5.91 Å². The van der Waals surface area contributed by atoms with Crippen molar-refractivity contribution in [3.63, 3.8) is 0 Å². The summed E-state index contributed by atoms with van der Waals surface area (Å²) >= 11 is 1.40. The van der Waals surface area contributed by atoms with Crippen LogP contribution in [0.5, 0.6) is 5.75 Å². The highest BCUT2D eigenvalue weighted by Gasteiger charge is 2.23. The van der Waals surface area contributed by atoms with E-state index in [0.717, 1.165) is 32.7 Å². The number of benzene rings is 3. The van der Waals surface area contributed by atoms with Crippen molar-refractivity contribution in [1.29, 1.82) is 0 Å². The van der Waals surface area contributed by atoms with Crippen molar-refractivity contribution in [1.82, 2.24) is 0 Å². The topological polar surface area (TPSA) is 38.7 Å². The normalized spacial score (nSPS) is 15.6. The lowest BCUT2D eigenvalue weighted by molar-refractivity contribution is -0.113. The van der Waals surface area contributed by atoms with Crippen LogP contribution < -0.4 is 4.74 Å². The van der Waals surface area contributed by atoms with E-state index < -0.39 is 0 Å². The van der Waals surface area contributed by atoms with Crippen LogP contribution in [0.4, 0.5) is 0 Å². The highest BCUT2D eigenvalue weighted by atomic mass is 32.2. The van der Waals surface area contributed by atoms with Crippen LogP contribution in [-0.2, 0) is 4.79 Å². The number of rotatable bonds is 3. The Balaban J connectivity index is 1.78. The third-order valence-corrected chi connectivity index (χ3v) is 5.10. The molecule has 4 rings (SSSR count). The molecule has 25 heavy (non-hydrogen) atoms. The number of methoxy groups -OCH3 is 1. The quantitative estimate of drug-likeness (QED) is 0.633. The Morgan fingerprint density at radius 3 is 2.52 bits per heavy atom. The summed E-state index contributed by atoms with van der Waals surface area (Å²) in [6.45, 7) is 0. The Morgan fingerprint density at radius 1 is 0.960 bits per heavy atom. The van der Waals surface area contributed by atoms with Crippen LogP contribution in [-0.4, -0.2) is 18.1 Å².